The van der Waals surface area contributed by atoms with Gasteiger partial charge in [0.05, 0.1) is 5.75 Å². The van der Waals surface area contributed by atoms with Crippen LogP contribution in [0.15, 0.2) is 24.4 Å². The molecule has 1 aromatic rings. The molecule has 0 spiro atoms. The molecular formula is C12H21N3O2S. The van der Waals surface area contributed by atoms with Gasteiger partial charge in [0.25, 0.3) is 0 Å². The quantitative estimate of drug-likeness (QED) is 0.789. The van der Waals surface area contributed by atoms with Crippen LogP contribution in [-0.4, -0.2) is 43.1 Å². The summed E-state index contributed by atoms with van der Waals surface area (Å²) in [7, 11) is -1.62. The first-order valence-electron chi connectivity index (χ1n) is 6.01. The molecule has 0 saturated heterocycles. The van der Waals surface area contributed by atoms with Crippen molar-refractivity contribution in [2.75, 3.05) is 19.3 Å². The first-order chi connectivity index (χ1) is 8.42. The Morgan fingerprint density at radius 2 is 2.17 bits per heavy atom. The summed E-state index contributed by atoms with van der Waals surface area (Å²) in [5.74, 6) is 0.0828. The fraction of sp³-hybridized carbons (Fsp3) is 0.583. The summed E-state index contributed by atoms with van der Waals surface area (Å²) in [5, 5.41) is 0. The normalized spacial score (nSPS) is 13.8. The van der Waals surface area contributed by atoms with Gasteiger partial charge in [-0.1, -0.05) is 6.07 Å². The Hall–Kier alpha value is -0.980. The van der Waals surface area contributed by atoms with Gasteiger partial charge in [0.2, 0.25) is 10.0 Å². The molecule has 0 aromatic carbocycles. The van der Waals surface area contributed by atoms with E-state index in [2.05, 4.69) is 4.98 Å². The van der Waals surface area contributed by atoms with Crippen molar-refractivity contribution < 1.29 is 8.42 Å². The maximum absolute atomic E-state index is 12.0. The lowest BCUT2D eigenvalue weighted by atomic mass is 10.2. The van der Waals surface area contributed by atoms with Crippen molar-refractivity contribution in [3.63, 3.8) is 0 Å². The molecule has 0 aliphatic heterocycles. The molecule has 0 radical (unpaired) electrons. The summed E-state index contributed by atoms with van der Waals surface area (Å²) < 4.78 is 25.3. The number of aromatic nitrogens is 1. The molecule has 0 bridgehead atoms. The standard InChI is InChI=1S/C12H21N3O2S/c1-11(13)6-9-15(2)18(16,17)10-7-12-5-3-4-8-14-12/h3-5,8,11H,6-7,9-10,13H2,1-2H3. The summed E-state index contributed by atoms with van der Waals surface area (Å²) in [6.07, 6.45) is 2.77. The Morgan fingerprint density at radius 3 is 2.72 bits per heavy atom. The average molecular weight is 271 g/mol. The number of sulfonamides is 1. The fourth-order valence-corrected chi connectivity index (χ4v) is 2.62. The second-order valence-electron chi connectivity index (χ2n) is 4.47. The Labute approximate surface area is 109 Å². The van der Waals surface area contributed by atoms with E-state index in [4.69, 9.17) is 5.73 Å². The molecular weight excluding hydrogens is 250 g/mol. The van der Waals surface area contributed by atoms with Crippen LogP contribution in [0.2, 0.25) is 0 Å². The molecule has 0 fully saturated rings. The maximum atomic E-state index is 12.0. The zero-order chi connectivity index (χ0) is 13.6. The summed E-state index contributed by atoms with van der Waals surface area (Å²) in [4.78, 5) is 4.11. The lowest BCUT2D eigenvalue weighted by Gasteiger charge is -2.17. The topological polar surface area (TPSA) is 76.3 Å². The Morgan fingerprint density at radius 1 is 1.44 bits per heavy atom. The number of pyridine rings is 1. The van der Waals surface area contributed by atoms with Crippen LogP contribution in [0, 0.1) is 0 Å². The van der Waals surface area contributed by atoms with Crippen molar-refractivity contribution in [1.82, 2.24) is 9.29 Å². The van der Waals surface area contributed by atoms with Crippen LogP contribution in [0.25, 0.3) is 0 Å². The minimum absolute atomic E-state index is 0.0124. The first kappa shape index (κ1) is 15.1. The maximum Gasteiger partial charge on any atom is 0.214 e. The Kier molecular flexibility index (Phi) is 5.71. The lowest BCUT2D eigenvalue weighted by Crippen LogP contribution is -2.33. The van der Waals surface area contributed by atoms with E-state index in [1.807, 2.05) is 25.1 Å². The second kappa shape index (κ2) is 6.82. The van der Waals surface area contributed by atoms with Gasteiger partial charge in [-0.3, -0.25) is 4.98 Å². The minimum Gasteiger partial charge on any atom is -0.328 e. The van der Waals surface area contributed by atoms with Crippen molar-refractivity contribution >= 4 is 10.0 Å². The molecule has 2 N–H and O–H groups in total. The van der Waals surface area contributed by atoms with Gasteiger partial charge in [0.1, 0.15) is 0 Å². The molecule has 1 atom stereocenters. The third kappa shape index (κ3) is 5.12. The van der Waals surface area contributed by atoms with Gasteiger partial charge in [0.15, 0.2) is 0 Å². The highest BCUT2D eigenvalue weighted by molar-refractivity contribution is 7.89. The second-order valence-corrected chi connectivity index (χ2v) is 6.67. The van der Waals surface area contributed by atoms with Crippen LogP contribution in [0.5, 0.6) is 0 Å². The average Bonchev–Trinajstić information content (AvgIpc) is 2.34. The van der Waals surface area contributed by atoms with E-state index in [9.17, 15) is 8.42 Å². The highest BCUT2D eigenvalue weighted by atomic mass is 32.2. The smallest absolute Gasteiger partial charge is 0.214 e. The molecule has 0 saturated carbocycles. The molecule has 18 heavy (non-hydrogen) atoms. The molecule has 1 heterocycles. The zero-order valence-corrected chi connectivity index (χ0v) is 11.7. The van der Waals surface area contributed by atoms with Crippen molar-refractivity contribution in [3.05, 3.63) is 30.1 Å². The van der Waals surface area contributed by atoms with E-state index in [1.165, 1.54) is 4.31 Å². The first-order valence-corrected chi connectivity index (χ1v) is 7.62. The van der Waals surface area contributed by atoms with Gasteiger partial charge in [-0.25, -0.2) is 12.7 Å². The molecule has 5 nitrogen and oxygen atoms in total. The molecule has 0 aliphatic rings. The van der Waals surface area contributed by atoms with Crippen LogP contribution in [0.4, 0.5) is 0 Å². The van der Waals surface area contributed by atoms with Crippen LogP contribution in [0.3, 0.4) is 0 Å². The van der Waals surface area contributed by atoms with Crippen molar-refractivity contribution in [2.45, 2.75) is 25.8 Å². The van der Waals surface area contributed by atoms with Gasteiger partial charge in [0, 0.05) is 37.9 Å². The lowest BCUT2D eigenvalue weighted by molar-refractivity contribution is 0.446. The molecule has 0 aliphatic carbocycles. The number of hydrogen-bond acceptors (Lipinski definition) is 4. The van der Waals surface area contributed by atoms with Gasteiger partial charge >= 0.3 is 0 Å². The van der Waals surface area contributed by atoms with Crippen LogP contribution < -0.4 is 5.73 Å². The predicted molar refractivity (Wildman–Crippen MR) is 72.6 cm³/mol. The Bertz CT molecular complexity index is 446. The van der Waals surface area contributed by atoms with Crippen molar-refractivity contribution in [3.8, 4) is 0 Å². The third-order valence-electron chi connectivity index (χ3n) is 2.72. The fourth-order valence-electron chi connectivity index (χ4n) is 1.46. The SMILES string of the molecule is CC(N)CCN(C)S(=O)(=O)CCc1ccccn1. The van der Waals surface area contributed by atoms with Crippen molar-refractivity contribution in [1.29, 1.82) is 0 Å². The molecule has 1 unspecified atom stereocenters. The van der Waals surface area contributed by atoms with E-state index in [1.54, 1.807) is 13.2 Å². The molecule has 1 aromatic heterocycles. The van der Waals surface area contributed by atoms with E-state index >= 15 is 0 Å². The highest BCUT2D eigenvalue weighted by Crippen LogP contribution is 2.04. The highest BCUT2D eigenvalue weighted by Gasteiger charge is 2.17. The predicted octanol–water partition coefficient (Wildman–Crippen LogP) is 0.623. The van der Waals surface area contributed by atoms with Crippen LogP contribution in [0.1, 0.15) is 19.0 Å². The third-order valence-corrected chi connectivity index (χ3v) is 4.57. The minimum atomic E-state index is -3.22. The van der Waals surface area contributed by atoms with Gasteiger partial charge in [-0.2, -0.15) is 0 Å². The molecule has 6 heteroatoms. The Balaban J connectivity index is 2.49. The van der Waals surface area contributed by atoms with Gasteiger partial charge < -0.3 is 5.73 Å². The number of nitrogens with two attached hydrogens (primary N) is 1. The zero-order valence-electron chi connectivity index (χ0n) is 10.9. The number of rotatable bonds is 7. The molecule has 102 valence electrons. The van der Waals surface area contributed by atoms with E-state index < -0.39 is 10.0 Å². The summed E-state index contributed by atoms with van der Waals surface area (Å²) >= 11 is 0. The number of hydrogen-bond donors (Lipinski definition) is 1. The van der Waals surface area contributed by atoms with E-state index in [0.717, 1.165) is 5.69 Å². The van der Waals surface area contributed by atoms with Gasteiger partial charge in [-0.05, 0) is 25.5 Å². The number of nitrogens with zero attached hydrogens (tertiary/aromatic N) is 2. The van der Waals surface area contributed by atoms with E-state index in [-0.39, 0.29) is 11.8 Å². The van der Waals surface area contributed by atoms with Gasteiger partial charge in [-0.15, -0.1) is 0 Å². The van der Waals surface area contributed by atoms with Crippen molar-refractivity contribution in [2.24, 2.45) is 5.73 Å². The summed E-state index contributed by atoms with van der Waals surface area (Å²) in [5.41, 5.74) is 6.41. The van der Waals surface area contributed by atoms with E-state index in [0.29, 0.717) is 19.4 Å². The summed E-state index contributed by atoms with van der Waals surface area (Å²) in [6.45, 7) is 2.33. The monoisotopic (exact) mass is 271 g/mol. The molecule has 1 rings (SSSR count). The van der Waals surface area contributed by atoms with Crippen LogP contribution >= 0.6 is 0 Å². The largest absolute Gasteiger partial charge is 0.328 e. The summed E-state index contributed by atoms with van der Waals surface area (Å²) in [6, 6.07) is 5.51. The number of aryl methyl sites for hydroxylation is 1. The van der Waals surface area contributed by atoms with Crippen LogP contribution in [-0.2, 0) is 16.4 Å². The molecule has 0 amide bonds.